The van der Waals surface area contributed by atoms with Crippen LogP contribution in [0.4, 0.5) is 5.82 Å². The second kappa shape index (κ2) is 6.52. The third-order valence-corrected chi connectivity index (χ3v) is 4.65. The van der Waals surface area contributed by atoms with Crippen LogP contribution in [-0.4, -0.2) is 25.6 Å². The van der Waals surface area contributed by atoms with E-state index < -0.39 is 9.84 Å². The van der Waals surface area contributed by atoms with Crippen LogP contribution in [0.5, 0.6) is 0 Å². The first-order chi connectivity index (χ1) is 11.8. The maximum absolute atomic E-state index is 12.1. The van der Waals surface area contributed by atoms with Crippen molar-refractivity contribution >= 4 is 21.6 Å². The van der Waals surface area contributed by atoms with Gasteiger partial charge < -0.3 is 9.73 Å². The quantitative estimate of drug-likeness (QED) is 0.775. The lowest BCUT2D eigenvalue weighted by atomic mass is 10.1. The summed E-state index contributed by atoms with van der Waals surface area (Å²) in [5, 5.41) is 2.68. The number of sulfone groups is 1. The molecule has 0 saturated carbocycles. The summed E-state index contributed by atoms with van der Waals surface area (Å²) in [5.74, 6) is 0.205. The predicted molar refractivity (Wildman–Crippen MR) is 94.2 cm³/mol. The largest absolute Gasteiger partial charge is 0.459 e. The number of anilines is 1. The third-order valence-electron chi connectivity index (χ3n) is 3.52. The Morgan fingerprint density at radius 3 is 2.44 bits per heavy atom. The number of hydrogen-bond donors (Lipinski definition) is 1. The lowest BCUT2D eigenvalue weighted by Crippen LogP contribution is -2.12. The lowest BCUT2D eigenvalue weighted by Gasteiger charge is -2.06. The molecule has 25 heavy (non-hydrogen) atoms. The first-order valence-electron chi connectivity index (χ1n) is 7.47. The van der Waals surface area contributed by atoms with Gasteiger partial charge in [-0.2, -0.15) is 0 Å². The third kappa shape index (κ3) is 3.95. The second-order valence-corrected chi connectivity index (χ2v) is 7.66. The van der Waals surface area contributed by atoms with Crippen molar-refractivity contribution in [2.24, 2.45) is 0 Å². The lowest BCUT2D eigenvalue weighted by molar-refractivity contribution is 0.0996. The average Bonchev–Trinajstić information content (AvgIpc) is 3.01. The van der Waals surface area contributed by atoms with E-state index in [1.54, 1.807) is 36.4 Å². The molecule has 6 nitrogen and oxygen atoms in total. The molecule has 0 fully saturated rings. The summed E-state index contributed by atoms with van der Waals surface area (Å²) < 4.78 is 28.2. The molecule has 7 heteroatoms. The number of rotatable bonds is 4. The van der Waals surface area contributed by atoms with E-state index in [0.29, 0.717) is 11.5 Å². The smallest absolute Gasteiger partial charge is 0.292 e. The number of carbonyl (C=O) groups is 1. The highest BCUT2D eigenvalue weighted by Gasteiger charge is 2.12. The first-order valence-corrected chi connectivity index (χ1v) is 9.36. The van der Waals surface area contributed by atoms with Crippen LogP contribution in [0.2, 0.25) is 0 Å². The highest BCUT2D eigenvalue weighted by atomic mass is 32.2. The van der Waals surface area contributed by atoms with Gasteiger partial charge in [0.1, 0.15) is 5.82 Å². The maximum Gasteiger partial charge on any atom is 0.292 e. The average molecular weight is 356 g/mol. The van der Waals surface area contributed by atoms with Crippen molar-refractivity contribution in [2.45, 2.75) is 11.8 Å². The molecule has 2 heterocycles. The second-order valence-electron chi connectivity index (χ2n) is 5.65. The van der Waals surface area contributed by atoms with E-state index >= 15 is 0 Å². The number of nitrogens with one attached hydrogen (secondary N) is 1. The van der Waals surface area contributed by atoms with Crippen LogP contribution in [0.1, 0.15) is 16.1 Å². The number of pyridine rings is 1. The van der Waals surface area contributed by atoms with Crippen molar-refractivity contribution in [1.82, 2.24) is 4.98 Å². The van der Waals surface area contributed by atoms with E-state index in [2.05, 4.69) is 10.3 Å². The van der Waals surface area contributed by atoms with E-state index in [1.807, 2.05) is 6.92 Å². The normalized spacial score (nSPS) is 11.3. The van der Waals surface area contributed by atoms with E-state index in [0.717, 1.165) is 17.4 Å². The van der Waals surface area contributed by atoms with Crippen LogP contribution in [0, 0.1) is 6.92 Å². The van der Waals surface area contributed by atoms with E-state index in [-0.39, 0.29) is 16.6 Å². The minimum atomic E-state index is -3.24. The number of amides is 1. The van der Waals surface area contributed by atoms with Gasteiger partial charge in [0.2, 0.25) is 0 Å². The Labute approximate surface area is 145 Å². The molecule has 128 valence electrons. The Morgan fingerprint density at radius 1 is 1.12 bits per heavy atom. The number of aryl methyl sites for hydroxylation is 1. The molecule has 0 aliphatic carbocycles. The van der Waals surface area contributed by atoms with E-state index in [1.165, 1.54) is 18.4 Å². The Morgan fingerprint density at radius 2 is 1.84 bits per heavy atom. The van der Waals surface area contributed by atoms with Crippen LogP contribution in [-0.2, 0) is 9.84 Å². The van der Waals surface area contributed by atoms with Gasteiger partial charge >= 0.3 is 0 Å². The summed E-state index contributed by atoms with van der Waals surface area (Å²) in [6.45, 7) is 1.83. The molecule has 3 rings (SSSR count). The molecule has 0 bridgehead atoms. The van der Waals surface area contributed by atoms with Crippen LogP contribution < -0.4 is 5.32 Å². The van der Waals surface area contributed by atoms with Gasteiger partial charge in [0.15, 0.2) is 15.6 Å². The SMILES string of the molecule is Cc1coc(C(=O)Nc2cccc(-c3ccc(S(C)(=O)=O)cc3)n2)c1. The minimum Gasteiger partial charge on any atom is -0.459 e. The van der Waals surface area contributed by atoms with Crippen molar-refractivity contribution in [1.29, 1.82) is 0 Å². The van der Waals surface area contributed by atoms with Gasteiger partial charge in [0.05, 0.1) is 16.9 Å². The molecule has 1 N–H and O–H groups in total. The summed E-state index contributed by atoms with van der Waals surface area (Å²) in [5.41, 5.74) is 2.23. The minimum absolute atomic E-state index is 0.210. The standard InChI is InChI=1S/C18H16N2O4S/c1-12-10-16(24-11-12)18(21)20-17-5-3-4-15(19-17)13-6-8-14(9-7-13)25(2,22)23/h3-11H,1-2H3,(H,19,20,21). The van der Waals surface area contributed by atoms with Crippen LogP contribution >= 0.6 is 0 Å². The highest BCUT2D eigenvalue weighted by Crippen LogP contribution is 2.21. The van der Waals surface area contributed by atoms with Gasteiger partial charge in [0, 0.05) is 11.8 Å². The van der Waals surface area contributed by atoms with Crippen molar-refractivity contribution < 1.29 is 17.6 Å². The number of aromatic nitrogens is 1. The monoisotopic (exact) mass is 356 g/mol. The van der Waals surface area contributed by atoms with Gasteiger partial charge in [-0.25, -0.2) is 13.4 Å². The molecular formula is C18H16N2O4S. The molecule has 1 aromatic carbocycles. The Hall–Kier alpha value is -2.93. The van der Waals surface area contributed by atoms with Crippen molar-refractivity contribution in [3.63, 3.8) is 0 Å². The zero-order valence-corrected chi connectivity index (χ0v) is 14.5. The molecule has 0 aliphatic heterocycles. The summed E-state index contributed by atoms with van der Waals surface area (Å²) in [6.07, 6.45) is 2.66. The molecule has 3 aromatic rings. The Bertz CT molecular complexity index is 1020. The number of benzene rings is 1. The highest BCUT2D eigenvalue weighted by molar-refractivity contribution is 7.90. The fourth-order valence-electron chi connectivity index (χ4n) is 2.27. The zero-order chi connectivity index (χ0) is 18.0. The van der Waals surface area contributed by atoms with Gasteiger partial charge in [0.25, 0.3) is 5.91 Å². The van der Waals surface area contributed by atoms with E-state index in [4.69, 9.17) is 4.42 Å². The number of nitrogens with zero attached hydrogens (tertiary/aromatic N) is 1. The molecule has 1 amide bonds. The number of furan rings is 1. The van der Waals surface area contributed by atoms with Gasteiger partial charge in [-0.3, -0.25) is 4.79 Å². The number of hydrogen-bond acceptors (Lipinski definition) is 5. The van der Waals surface area contributed by atoms with Gasteiger partial charge in [-0.05, 0) is 42.8 Å². The molecule has 2 aromatic heterocycles. The fraction of sp³-hybridized carbons (Fsp3) is 0.111. The Balaban J connectivity index is 1.83. The summed E-state index contributed by atoms with van der Waals surface area (Å²) >= 11 is 0. The molecule has 0 saturated heterocycles. The molecule has 0 aliphatic rings. The van der Waals surface area contributed by atoms with Crippen LogP contribution in [0.15, 0.2) is 64.1 Å². The van der Waals surface area contributed by atoms with Crippen molar-refractivity contribution in [3.8, 4) is 11.3 Å². The zero-order valence-electron chi connectivity index (χ0n) is 13.7. The molecule has 0 atom stereocenters. The topological polar surface area (TPSA) is 89.3 Å². The molecule has 0 radical (unpaired) electrons. The molecule has 0 unspecified atom stereocenters. The van der Waals surface area contributed by atoms with Crippen molar-refractivity contribution in [3.05, 3.63) is 66.1 Å². The van der Waals surface area contributed by atoms with E-state index in [9.17, 15) is 13.2 Å². The van der Waals surface area contributed by atoms with Gasteiger partial charge in [-0.1, -0.05) is 18.2 Å². The van der Waals surface area contributed by atoms with Crippen LogP contribution in [0.25, 0.3) is 11.3 Å². The Kier molecular flexibility index (Phi) is 4.41. The van der Waals surface area contributed by atoms with Crippen LogP contribution in [0.3, 0.4) is 0 Å². The van der Waals surface area contributed by atoms with Crippen molar-refractivity contribution in [2.75, 3.05) is 11.6 Å². The number of carbonyl (C=O) groups excluding carboxylic acids is 1. The predicted octanol–water partition coefficient (Wildman–Crippen LogP) is 3.31. The summed E-state index contributed by atoms with van der Waals surface area (Å²) in [4.78, 5) is 16.7. The molecular weight excluding hydrogens is 340 g/mol. The maximum atomic E-state index is 12.1. The summed E-state index contributed by atoms with van der Waals surface area (Å²) in [6, 6.07) is 13.3. The van der Waals surface area contributed by atoms with Gasteiger partial charge in [-0.15, -0.1) is 0 Å². The molecule has 0 spiro atoms. The fourth-order valence-corrected chi connectivity index (χ4v) is 2.90. The first kappa shape index (κ1) is 16.9. The summed E-state index contributed by atoms with van der Waals surface area (Å²) in [7, 11) is -3.24.